The van der Waals surface area contributed by atoms with Crippen molar-refractivity contribution in [3.8, 4) is 16.3 Å². The zero-order valence-corrected chi connectivity index (χ0v) is 14.2. The number of carbonyl (C=O) groups excluding carboxylic acids is 1. The van der Waals surface area contributed by atoms with Crippen LogP contribution in [-0.2, 0) is 6.54 Å². The van der Waals surface area contributed by atoms with E-state index < -0.39 is 0 Å². The molecule has 0 radical (unpaired) electrons. The van der Waals surface area contributed by atoms with Crippen molar-refractivity contribution in [1.82, 2.24) is 10.3 Å². The summed E-state index contributed by atoms with van der Waals surface area (Å²) in [6, 6.07) is 17.1. The van der Waals surface area contributed by atoms with Crippen LogP contribution in [0.5, 0.6) is 5.75 Å². The van der Waals surface area contributed by atoms with Gasteiger partial charge in [0.1, 0.15) is 10.8 Å². The fourth-order valence-electron chi connectivity index (χ4n) is 2.24. The van der Waals surface area contributed by atoms with Crippen molar-refractivity contribution < 1.29 is 9.53 Å². The van der Waals surface area contributed by atoms with Gasteiger partial charge in [-0.15, -0.1) is 11.3 Å². The number of hydrogen-bond donors (Lipinski definition) is 1. The molecule has 1 N–H and O–H groups in total. The second kappa shape index (κ2) is 7.75. The third-order valence-electron chi connectivity index (χ3n) is 3.43. The lowest BCUT2D eigenvalue weighted by Gasteiger charge is -2.05. The summed E-state index contributed by atoms with van der Waals surface area (Å²) in [6.45, 7) is 2.95. The van der Waals surface area contributed by atoms with Gasteiger partial charge in [-0.25, -0.2) is 4.98 Å². The zero-order chi connectivity index (χ0) is 16.8. The van der Waals surface area contributed by atoms with Crippen LogP contribution in [0.25, 0.3) is 10.6 Å². The van der Waals surface area contributed by atoms with Gasteiger partial charge in [0.05, 0.1) is 18.8 Å². The lowest BCUT2D eigenvalue weighted by Crippen LogP contribution is -2.22. The summed E-state index contributed by atoms with van der Waals surface area (Å²) < 4.78 is 5.37. The molecule has 0 atom stereocenters. The van der Waals surface area contributed by atoms with E-state index in [1.807, 2.05) is 42.6 Å². The number of thiazole rings is 1. The predicted octanol–water partition coefficient (Wildman–Crippen LogP) is 4.14. The van der Waals surface area contributed by atoms with Crippen molar-refractivity contribution in [1.29, 1.82) is 0 Å². The number of ether oxygens (including phenoxy) is 1. The first-order chi connectivity index (χ1) is 11.8. The largest absolute Gasteiger partial charge is 0.494 e. The molecule has 3 aromatic rings. The van der Waals surface area contributed by atoms with E-state index in [0.29, 0.717) is 18.7 Å². The van der Waals surface area contributed by atoms with Crippen LogP contribution >= 0.6 is 11.3 Å². The van der Waals surface area contributed by atoms with Gasteiger partial charge in [-0.3, -0.25) is 4.79 Å². The van der Waals surface area contributed by atoms with Gasteiger partial charge in [-0.1, -0.05) is 30.3 Å². The topological polar surface area (TPSA) is 51.2 Å². The highest BCUT2D eigenvalue weighted by Gasteiger charge is 2.08. The fourth-order valence-corrected chi connectivity index (χ4v) is 3.07. The number of rotatable bonds is 6. The predicted molar refractivity (Wildman–Crippen MR) is 96.3 cm³/mol. The summed E-state index contributed by atoms with van der Waals surface area (Å²) in [5.74, 6) is 0.647. The molecule has 0 spiro atoms. The van der Waals surface area contributed by atoms with Crippen LogP contribution in [-0.4, -0.2) is 17.5 Å². The van der Waals surface area contributed by atoms with Crippen LogP contribution in [0.4, 0.5) is 0 Å². The molecule has 0 bridgehead atoms. The van der Waals surface area contributed by atoms with Crippen molar-refractivity contribution in [3.63, 3.8) is 0 Å². The molecule has 4 nitrogen and oxygen atoms in total. The monoisotopic (exact) mass is 338 g/mol. The molecular weight excluding hydrogens is 320 g/mol. The number of aromatic nitrogens is 1. The van der Waals surface area contributed by atoms with Gasteiger partial charge in [0, 0.05) is 16.5 Å². The van der Waals surface area contributed by atoms with Gasteiger partial charge in [-0.2, -0.15) is 0 Å². The second-order valence-corrected chi connectivity index (χ2v) is 6.01. The number of nitrogens with zero attached hydrogens (tertiary/aromatic N) is 1. The highest BCUT2D eigenvalue weighted by molar-refractivity contribution is 7.13. The van der Waals surface area contributed by atoms with E-state index in [-0.39, 0.29) is 5.91 Å². The van der Waals surface area contributed by atoms with Gasteiger partial charge in [0.15, 0.2) is 0 Å². The highest BCUT2D eigenvalue weighted by atomic mass is 32.1. The third-order valence-corrected chi connectivity index (χ3v) is 4.37. The Morgan fingerprint density at radius 1 is 1.12 bits per heavy atom. The van der Waals surface area contributed by atoms with E-state index in [4.69, 9.17) is 4.74 Å². The summed E-state index contributed by atoms with van der Waals surface area (Å²) in [5.41, 5.74) is 2.56. The van der Waals surface area contributed by atoms with Crippen LogP contribution in [0, 0.1) is 0 Å². The van der Waals surface area contributed by atoms with Gasteiger partial charge in [0.25, 0.3) is 5.91 Å². The van der Waals surface area contributed by atoms with E-state index in [2.05, 4.69) is 10.3 Å². The third kappa shape index (κ3) is 4.00. The number of hydrogen-bond acceptors (Lipinski definition) is 4. The summed E-state index contributed by atoms with van der Waals surface area (Å²) in [5, 5.41) is 5.83. The van der Waals surface area contributed by atoms with Crippen molar-refractivity contribution in [2.45, 2.75) is 13.5 Å². The van der Waals surface area contributed by atoms with Crippen molar-refractivity contribution in [2.24, 2.45) is 0 Å². The highest BCUT2D eigenvalue weighted by Crippen LogP contribution is 2.23. The molecule has 0 aliphatic rings. The summed E-state index contributed by atoms with van der Waals surface area (Å²) in [4.78, 5) is 16.8. The summed E-state index contributed by atoms with van der Waals surface area (Å²) >= 11 is 1.58. The Labute approximate surface area is 145 Å². The van der Waals surface area contributed by atoms with Gasteiger partial charge >= 0.3 is 0 Å². The minimum Gasteiger partial charge on any atom is -0.494 e. The average Bonchev–Trinajstić information content (AvgIpc) is 3.10. The number of nitrogens with one attached hydrogen (secondary N) is 1. The molecule has 0 unspecified atom stereocenters. The average molecular weight is 338 g/mol. The van der Waals surface area contributed by atoms with E-state index in [0.717, 1.165) is 22.0 Å². The van der Waals surface area contributed by atoms with Gasteiger partial charge < -0.3 is 10.1 Å². The Hall–Kier alpha value is -2.66. The molecule has 1 heterocycles. The molecule has 3 rings (SSSR count). The van der Waals surface area contributed by atoms with Crippen LogP contribution in [0.2, 0.25) is 0 Å². The minimum atomic E-state index is -0.118. The lowest BCUT2D eigenvalue weighted by molar-refractivity contribution is 0.0950. The molecule has 1 amide bonds. The number of carbonyl (C=O) groups is 1. The first-order valence-electron chi connectivity index (χ1n) is 7.77. The Balaban J connectivity index is 1.59. The van der Waals surface area contributed by atoms with E-state index in [1.165, 1.54) is 0 Å². The van der Waals surface area contributed by atoms with Crippen LogP contribution in [0.15, 0.2) is 60.0 Å². The first kappa shape index (κ1) is 16.2. The van der Waals surface area contributed by atoms with Crippen molar-refractivity contribution in [2.75, 3.05) is 6.61 Å². The second-order valence-electron chi connectivity index (χ2n) is 5.15. The Morgan fingerprint density at radius 3 is 2.58 bits per heavy atom. The summed E-state index contributed by atoms with van der Waals surface area (Å²) in [6.07, 6.45) is 0. The Kier molecular flexibility index (Phi) is 5.23. The normalized spacial score (nSPS) is 10.4. The molecule has 122 valence electrons. The summed E-state index contributed by atoms with van der Waals surface area (Å²) in [7, 11) is 0. The molecule has 5 heteroatoms. The van der Waals surface area contributed by atoms with Gasteiger partial charge in [0.2, 0.25) is 0 Å². The van der Waals surface area contributed by atoms with E-state index in [1.54, 1.807) is 35.6 Å². The number of amides is 1. The SMILES string of the molecule is CCOc1ccc(C(=O)NCc2csc(-c3ccccc3)n2)cc1. The maximum Gasteiger partial charge on any atom is 0.251 e. The molecule has 0 fully saturated rings. The van der Waals surface area contributed by atoms with Crippen LogP contribution in [0.3, 0.4) is 0 Å². The molecule has 0 aliphatic carbocycles. The van der Waals surface area contributed by atoms with Crippen molar-refractivity contribution >= 4 is 17.2 Å². The lowest BCUT2D eigenvalue weighted by atomic mass is 10.2. The number of benzene rings is 2. The maximum absolute atomic E-state index is 12.2. The fraction of sp³-hybridized carbons (Fsp3) is 0.158. The molecule has 0 aliphatic heterocycles. The Bertz CT molecular complexity index is 798. The van der Waals surface area contributed by atoms with E-state index in [9.17, 15) is 4.79 Å². The van der Waals surface area contributed by atoms with Crippen molar-refractivity contribution in [3.05, 3.63) is 71.2 Å². The van der Waals surface area contributed by atoms with Gasteiger partial charge in [-0.05, 0) is 31.2 Å². The van der Waals surface area contributed by atoms with Crippen LogP contribution in [0.1, 0.15) is 23.0 Å². The molecule has 0 saturated heterocycles. The molecule has 2 aromatic carbocycles. The molecule has 0 saturated carbocycles. The molecule has 1 aromatic heterocycles. The quantitative estimate of drug-likeness (QED) is 0.735. The minimum absolute atomic E-state index is 0.118. The maximum atomic E-state index is 12.2. The Morgan fingerprint density at radius 2 is 1.88 bits per heavy atom. The van der Waals surface area contributed by atoms with Crippen LogP contribution < -0.4 is 10.1 Å². The zero-order valence-electron chi connectivity index (χ0n) is 13.4. The smallest absolute Gasteiger partial charge is 0.251 e. The molecular formula is C19H18N2O2S. The standard InChI is InChI=1S/C19H18N2O2S/c1-2-23-17-10-8-14(9-11-17)18(22)20-12-16-13-24-19(21-16)15-6-4-3-5-7-15/h3-11,13H,2,12H2,1H3,(H,20,22). The first-order valence-corrected chi connectivity index (χ1v) is 8.65. The molecule has 24 heavy (non-hydrogen) atoms. The van der Waals surface area contributed by atoms with E-state index >= 15 is 0 Å².